The Hall–Kier alpha value is -0.120. The average Bonchev–Trinajstić information content (AvgIpc) is 2.26. The molecule has 90 valence electrons. The van der Waals surface area contributed by atoms with Gasteiger partial charge in [-0.25, -0.2) is 0 Å². The summed E-state index contributed by atoms with van der Waals surface area (Å²) in [4.78, 5) is 0. The molecule has 1 rings (SSSR count). The van der Waals surface area contributed by atoms with Crippen LogP contribution < -0.4 is 5.32 Å². The topological polar surface area (TPSA) is 41.5 Å². The van der Waals surface area contributed by atoms with Gasteiger partial charge in [-0.15, -0.1) is 0 Å². The lowest BCUT2D eigenvalue weighted by Crippen LogP contribution is -2.41. The SMILES string of the molecule is COC1CCCC(NC(C)CCCO)C1. The van der Waals surface area contributed by atoms with E-state index in [2.05, 4.69) is 12.2 Å². The van der Waals surface area contributed by atoms with Crippen molar-refractivity contribution in [3.8, 4) is 0 Å². The van der Waals surface area contributed by atoms with Crippen LogP contribution in [0.5, 0.6) is 0 Å². The molecular weight excluding hydrogens is 190 g/mol. The maximum atomic E-state index is 8.75. The first-order valence-corrected chi connectivity index (χ1v) is 6.16. The molecule has 0 heterocycles. The molecule has 0 aromatic heterocycles. The number of ether oxygens (including phenoxy) is 1. The molecule has 0 aromatic rings. The predicted molar refractivity (Wildman–Crippen MR) is 62.0 cm³/mol. The van der Waals surface area contributed by atoms with Crippen molar-refractivity contribution in [2.45, 2.75) is 63.6 Å². The van der Waals surface area contributed by atoms with Gasteiger partial charge in [-0.3, -0.25) is 0 Å². The molecule has 3 atom stereocenters. The molecule has 1 aliphatic rings. The first kappa shape index (κ1) is 12.9. The van der Waals surface area contributed by atoms with E-state index in [0.717, 1.165) is 19.3 Å². The quantitative estimate of drug-likeness (QED) is 0.708. The molecule has 0 aliphatic heterocycles. The number of rotatable bonds is 6. The van der Waals surface area contributed by atoms with Gasteiger partial charge >= 0.3 is 0 Å². The lowest BCUT2D eigenvalue weighted by Gasteiger charge is -2.31. The van der Waals surface area contributed by atoms with Crippen molar-refractivity contribution in [3.63, 3.8) is 0 Å². The molecule has 2 N–H and O–H groups in total. The van der Waals surface area contributed by atoms with Crippen molar-refractivity contribution >= 4 is 0 Å². The molecule has 0 radical (unpaired) electrons. The zero-order valence-electron chi connectivity index (χ0n) is 10.0. The Morgan fingerprint density at radius 3 is 2.93 bits per heavy atom. The van der Waals surface area contributed by atoms with Crippen molar-refractivity contribution in [1.29, 1.82) is 0 Å². The van der Waals surface area contributed by atoms with Crippen LogP contribution in [0, 0.1) is 0 Å². The highest BCUT2D eigenvalue weighted by molar-refractivity contribution is 4.80. The maximum Gasteiger partial charge on any atom is 0.0586 e. The van der Waals surface area contributed by atoms with Gasteiger partial charge in [-0.05, 0) is 45.4 Å². The minimum absolute atomic E-state index is 0.303. The fourth-order valence-corrected chi connectivity index (χ4v) is 2.39. The summed E-state index contributed by atoms with van der Waals surface area (Å²) in [5.74, 6) is 0. The first-order valence-electron chi connectivity index (χ1n) is 6.16. The van der Waals surface area contributed by atoms with Gasteiger partial charge in [0.2, 0.25) is 0 Å². The largest absolute Gasteiger partial charge is 0.396 e. The average molecular weight is 215 g/mol. The molecule has 0 amide bonds. The second-order valence-electron chi connectivity index (χ2n) is 4.65. The molecule has 0 bridgehead atoms. The molecular formula is C12H25NO2. The summed E-state index contributed by atoms with van der Waals surface area (Å²) in [7, 11) is 1.81. The van der Waals surface area contributed by atoms with Gasteiger partial charge < -0.3 is 15.2 Å². The third-order valence-electron chi connectivity index (χ3n) is 3.27. The molecule has 1 aliphatic carbocycles. The third kappa shape index (κ3) is 4.96. The second kappa shape index (κ2) is 7.20. The summed E-state index contributed by atoms with van der Waals surface area (Å²) in [5.41, 5.74) is 0. The van der Waals surface area contributed by atoms with Gasteiger partial charge in [0.05, 0.1) is 6.10 Å². The number of aliphatic hydroxyl groups excluding tert-OH is 1. The van der Waals surface area contributed by atoms with Crippen LogP contribution in [0.15, 0.2) is 0 Å². The highest BCUT2D eigenvalue weighted by Gasteiger charge is 2.22. The zero-order chi connectivity index (χ0) is 11.1. The van der Waals surface area contributed by atoms with Crippen LogP contribution in [0.2, 0.25) is 0 Å². The van der Waals surface area contributed by atoms with E-state index in [1.165, 1.54) is 19.3 Å². The number of aliphatic hydroxyl groups is 1. The Bertz CT molecular complexity index is 164. The third-order valence-corrected chi connectivity index (χ3v) is 3.27. The van der Waals surface area contributed by atoms with E-state index in [1.807, 2.05) is 7.11 Å². The van der Waals surface area contributed by atoms with Gasteiger partial charge in [0, 0.05) is 25.8 Å². The molecule has 15 heavy (non-hydrogen) atoms. The highest BCUT2D eigenvalue weighted by Crippen LogP contribution is 2.21. The van der Waals surface area contributed by atoms with Crippen LogP contribution in [-0.4, -0.2) is 37.0 Å². The van der Waals surface area contributed by atoms with Crippen molar-refractivity contribution < 1.29 is 9.84 Å². The monoisotopic (exact) mass is 215 g/mol. The van der Waals surface area contributed by atoms with Crippen molar-refractivity contribution in [2.75, 3.05) is 13.7 Å². The Balaban J connectivity index is 2.19. The summed E-state index contributed by atoms with van der Waals surface area (Å²) < 4.78 is 5.40. The summed E-state index contributed by atoms with van der Waals surface area (Å²) in [5, 5.41) is 12.4. The van der Waals surface area contributed by atoms with Crippen LogP contribution in [0.3, 0.4) is 0 Å². The number of hydrogen-bond donors (Lipinski definition) is 2. The first-order chi connectivity index (χ1) is 7.26. The van der Waals surface area contributed by atoms with E-state index in [-0.39, 0.29) is 0 Å². The number of hydrogen-bond acceptors (Lipinski definition) is 3. The second-order valence-corrected chi connectivity index (χ2v) is 4.65. The molecule has 1 fully saturated rings. The number of methoxy groups -OCH3 is 1. The van der Waals surface area contributed by atoms with Gasteiger partial charge in [0.25, 0.3) is 0 Å². The van der Waals surface area contributed by atoms with Crippen LogP contribution >= 0.6 is 0 Å². The van der Waals surface area contributed by atoms with E-state index in [4.69, 9.17) is 9.84 Å². The summed E-state index contributed by atoms with van der Waals surface area (Å²) in [6, 6.07) is 1.12. The van der Waals surface area contributed by atoms with Crippen LogP contribution in [0.4, 0.5) is 0 Å². The molecule has 3 heteroatoms. The van der Waals surface area contributed by atoms with Gasteiger partial charge in [-0.2, -0.15) is 0 Å². The van der Waals surface area contributed by atoms with Crippen LogP contribution in [0.1, 0.15) is 45.4 Å². The fraction of sp³-hybridized carbons (Fsp3) is 1.00. The van der Waals surface area contributed by atoms with Crippen LogP contribution in [-0.2, 0) is 4.74 Å². The van der Waals surface area contributed by atoms with Gasteiger partial charge in [0.15, 0.2) is 0 Å². The molecule has 0 saturated heterocycles. The van der Waals surface area contributed by atoms with E-state index >= 15 is 0 Å². The van der Waals surface area contributed by atoms with Crippen molar-refractivity contribution in [2.24, 2.45) is 0 Å². The van der Waals surface area contributed by atoms with Crippen molar-refractivity contribution in [3.05, 3.63) is 0 Å². The minimum atomic E-state index is 0.303. The molecule has 0 spiro atoms. The lowest BCUT2D eigenvalue weighted by atomic mass is 9.92. The van der Waals surface area contributed by atoms with E-state index in [1.54, 1.807) is 0 Å². The predicted octanol–water partition coefficient (Wildman–Crippen LogP) is 1.69. The maximum absolute atomic E-state index is 8.75. The Morgan fingerprint density at radius 2 is 2.27 bits per heavy atom. The summed E-state index contributed by atoms with van der Waals surface area (Å²) in [6.07, 6.45) is 7.28. The molecule has 3 unspecified atom stereocenters. The standard InChI is InChI=1S/C12H25NO2/c1-10(5-4-8-14)13-11-6-3-7-12(9-11)15-2/h10-14H,3-9H2,1-2H3. The van der Waals surface area contributed by atoms with Crippen LogP contribution in [0.25, 0.3) is 0 Å². The lowest BCUT2D eigenvalue weighted by molar-refractivity contribution is 0.0569. The van der Waals surface area contributed by atoms with Gasteiger partial charge in [0.1, 0.15) is 0 Å². The molecule has 3 nitrogen and oxygen atoms in total. The Kier molecular flexibility index (Phi) is 6.22. The molecule has 1 saturated carbocycles. The normalized spacial score (nSPS) is 29.0. The van der Waals surface area contributed by atoms with E-state index in [9.17, 15) is 0 Å². The van der Waals surface area contributed by atoms with Crippen molar-refractivity contribution in [1.82, 2.24) is 5.32 Å². The van der Waals surface area contributed by atoms with Gasteiger partial charge in [-0.1, -0.05) is 0 Å². The minimum Gasteiger partial charge on any atom is -0.396 e. The Morgan fingerprint density at radius 1 is 1.47 bits per heavy atom. The highest BCUT2D eigenvalue weighted by atomic mass is 16.5. The summed E-state index contributed by atoms with van der Waals surface area (Å²) >= 11 is 0. The Labute approximate surface area is 93.2 Å². The van der Waals surface area contributed by atoms with E-state index in [0.29, 0.717) is 24.8 Å². The summed E-state index contributed by atoms with van der Waals surface area (Å²) in [6.45, 7) is 2.50. The smallest absolute Gasteiger partial charge is 0.0586 e. The number of nitrogens with one attached hydrogen (secondary N) is 1. The van der Waals surface area contributed by atoms with E-state index < -0.39 is 0 Å². The fourth-order valence-electron chi connectivity index (χ4n) is 2.39. The molecule has 0 aromatic carbocycles. The zero-order valence-corrected chi connectivity index (χ0v) is 10.0.